The fraction of sp³-hybridized carbons (Fsp3) is 0.200. The van der Waals surface area contributed by atoms with E-state index < -0.39 is 5.82 Å². The molecule has 0 aromatic heterocycles. The van der Waals surface area contributed by atoms with Crippen LogP contribution in [0.3, 0.4) is 0 Å². The molecule has 0 saturated heterocycles. The van der Waals surface area contributed by atoms with E-state index in [9.17, 15) is 4.39 Å². The lowest BCUT2D eigenvalue weighted by molar-refractivity contribution is 0.441. The lowest BCUT2D eigenvalue weighted by Crippen LogP contribution is -2.03. The Bertz CT molecular complexity index is 995. The van der Waals surface area contributed by atoms with Crippen LogP contribution < -0.4 is 4.74 Å². The molecule has 0 aliphatic heterocycles. The van der Waals surface area contributed by atoms with Crippen LogP contribution in [0.5, 0.6) is 11.5 Å². The summed E-state index contributed by atoms with van der Waals surface area (Å²) in [4.78, 5) is 0. The molecule has 0 unspecified atom stereocenters. The van der Waals surface area contributed by atoms with E-state index >= 15 is 4.39 Å². The van der Waals surface area contributed by atoms with Crippen LogP contribution in [0.1, 0.15) is 29.9 Å². The molecule has 0 spiro atoms. The van der Waals surface area contributed by atoms with Crippen LogP contribution >= 0.6 is 11.6 Å². The Morgan fingerprint density at radius 1 is 1.03 bits per heavy atom. The zero-order chi connectivity index (χ0) is 20.2. The normalized spacial score (nSPS) is 15.2. The van der Waals surface area contributed by atoms with Crippen LogP contribution in [-0.4, -0.2) is 0 Å². The van der Waals surface area contributed by atoms with E-state index in [2.05, 4.69) is 0 Å². The van der Waals surface area contributed by atoms with Crippen molar-refractivity contribution in [1.29, 1.82) is 0 Å². The maximum atomic E-state index is 15.1. The molecule has 3 aromatic carbocycles. The van der Waals surface area contributed by atoms with Crippen LogP contribution in [0, 0.1) is 11.7 Å². The Morgan fingerprint density at radius 3 is 2.45 bits per heavy atom. The second-order valence-corrected chi connectivity index (χ2v) is 7.78. The number of halogens is 3. The molecule has 1 atom stereocenters. The summed E-state index contributed by atoms with van der Waals surface area (Å²) in [6, 6.07) is 21.1. The predicted octanol–water partition coefficient (Wildman–Crippen LogP) is 7.86. The zero-order valence-electron chi connectivity index (χ0n) is 15.8. The number of allylic oxidation sites excluding steroid dienone is 2. The molecule has 1 saturated carbocycles. The topological polar surface area (TPSA) is 9.23 Å². The zero-order valence-corrected chi connectivity index (χ0v) is 16.6. The van der Waals surface area contributed by atoms with Gasteiger partial charge in [-0.1, -0.05) is 48.0 Å². The highest BCUT2D eigenvalue weighted by Crippen LogP contribution is 2.47. The molecular formula is C25H21ClF2O. The van der Waals surface area contributed by atoms with Crippen molar-refractivity contribution in [3.8, 4) is 11.5 Å². The summed E-state index contributed by atoms with van der Waals surface area (Å²) in [6.07, 6.45) is 4.02. The molecule has 4 rings (SSSR count). The Kier molecular flexibility index (Phi) is 5.96. The van der Waals surface area contributed by atoms with Crippen molar-refractivity contribution in [1.82, 2.24) is 0 Å². The average Bonchev–Trinajstić information content (AvgIpc) is 3.56. The van der Waals surface area contributed by atoms with Crippen LogP contribution in [-0.2, 0) is 6.42 Å². The molecule has 0 N–H and O–H groups in total. The molecular weight excluding hydrogens is 390 g/mol. The molecule has 3 aromatic rings. The number of para-hydroxylation sites is 1. The quantitative estimate of drug-likeness (QED) is 0.385. The highest BCUT2D eigenvalue weighted by atomic mass is 35.5. The molecule has 0 heterocycles. The Balaban J connectivity index is 1.51. The summed E-state index contributed by atoms with van der Waals surface area (Å²) in [7, 11) is 0. The van der Waals surface area contributed by atoms with E-state index in [0.29, 0.717) is 23.1 Å². The van der Waals surface area contributed by atoms with Gasteiger partial charge in [0.2, 0.25) is 0 Å². The van der Waals surface area contributed by atoms with E-state index in [1.54, 1.807) is 42.5 Å². The van der Waals surface area contributed by atoms with Crippen molar-refractivity contribution < 1.29 is 13.5 Å². The van der Waals surface area contributed by atoms with Crippen molar-refractivity contribution in [3.05, 3.63) is 107 Å². The highest BCUT2D eigenvalue weighted by Gasteiger charge is 2.35. The first-order chi connectivity index (χ1) is 14.1. The molecule has 1 fully saturated rings. The second-order valence-electron chi connectivity index (χ2n) is 7.34. The molecule has 1 aliphatic carbocycles. The lowest BCUT2D eigenvalue weighted by atomic mass is 9.92. The van der Waals surface area contributed by atoms with Gasteiger partial charge in [0.05, 0.1) is 0 Å². The third kappa shape index (κ3) is 5.04. The van der Waals surface area contributed by atoms with Gasteiger partial charge in [0.25, 0.3) is 0 Å². The SMILES string of the molecule is FC(=CCc1ccc(F)c(Oc2ccccc2)c1)[C@@H](c1ccc(Cl)cc1)C1CC1. The van der Waals surface area contributed by atoms with Crippen LogP contribution in [0.25, 0.3) is 0 Å². The van der Waals surface area contributed by atoms with Crippen LogP contribution in [0.4, 0.5) is 8.78 Å². The summed E-state index contributed by atoms with van der Waals surface area (Å²) >= 11 is 5.97. The van der Waals surface area contributed by atoms with Gasteiger partial charge in [-0.3, -0.25) is 0 Å². The number of hydrogen-bond donors (Lipinski definition) is 0. The first-order valence-corrected chi connectivity index (χ1v) is 10.1. The number of ether oxygens (including phenoxy) is 1. The Labute approximate surface area is 174 Å². The van der Waals surface area contributed by atoms with Gasteiger partial charge in [-0.15, -0.1) is 0 Å². The Morgan fingerprint density at radius 2 is 1.76 bits per heavy atom. The molecule has 0 amide bonds. The first kappa shape index (κ1) is 19.7. The van der Waals surface area contributed by atoms with E-state index in [0.717, 1.165) is 24.0 Å². The minimum absolute atomic E-state index is 0.138. The van der Waals surface area contributed by atoms with Gasteiger partial charge in [0.15, 0.2) is 11.6 Å². The highest BCUT2D eigenvalue weighted by molar-refractivity contribution is 6.30. The standard InChI is InChI=1S/C25H21ClF2O/c26-20-12-10-19(11-13-20)25(18-8-9-18)23(28)15-7-17-6-14-22(27)24(16-17)29-21-4-2-1-3-5-21/h1-6,10-16,18,25H,7-9H2/t25-/m1/s1. The summed E-state index contributed by atoms with van der Waals surface area (Å²) in [6.45, 7) is 0. The molecule has 0 bridgehead atoms. The van der Waals surface area contributed by atoms with Gasteiger partial charge in [-0.05, 0) is 78.8 Å². The van der Waals surface area contributed by atoms with Gasteiger partial charge < -0.3 is 4.74 Å². The predicted molar refractivity (Wildman–Crippen MR) is 113 cm³/mol. The van der Waals surface area contributed by atoms with Gasteiger partial charge in [0.1, 0.15) is 11.6 Å². The van der Waals surface area contributed by atoms with E-state index in [1.165, 1.54) is 6.07 Å². The molecule has 0 radical (unpaired) electrons. The van der Waals surface area contributed by atoms with Crippen LogP contribution in [0.2, 0.25) is 5.02 Å². The molecule has 1 aliphatic rings. The maximum Gasteiger partial charge on any atom is 0.165 e. The van der Waals surface area contributed by atoms with Gasteiger partial charge in [-0.2, -0.15) is 0 Å². The van der Waals surface area contributed by atoms with E-state index in [-0.39, 0.29) is 17.5 Å². The van der Waals surface area contributed by atoms with Gasteiger partial charge in [-0.25, -0.2) is 8.78 Å². The fourth-order valence-corrected chi connectivity index (χ4v) is 3.59. The average molecular weight is 411 g/mol. The third-order valence-corrected chi connectivity index (χ3v) is 5.37. The molecule has 1 nitrogen and oxygen atoms in total. The van der Waals surface area contributed by atoms with Gasteiger partial charge >= 0.3 is 0 Å². The largest absolute Gasteiger partial charge is 0.454 e. The fourth-order valence-electron chi connectivity index (χ4n) is 3.47. The van der Waals surface area contributed by atoms with Crippen molar-refractivity contribution in [2.45, 2.75) is 25.2 Å². The minimum Gasteiger partial charge on any atom is -0.454 e. The Hall–Kier alpha value is -2.65. The number of hydrogen-bond acceptors (Lipinski definition) is 1. The van der Waals surface area contributed by atoms with Gasteiger partial charge in [0, 0.05) is 10.9 Å². The molecule has 4 heteroatoms. The van der Waals surface area contributed by atoms with E-state index in [4.69, 9.17) is 16.3 Å². The summed E-state index contributed by atoms with van der Waals surface area (Å²) in [5.74, 6) is 0.190. The number of benzene rings is 3. The third-order valence-electron chi connectivity index (χ3n) is 5.12. The van der Waals surface area contributed by atoms with E-state index in [1.807, 2.05) is 30.3 Å². The second kappa shape index (κ2) is 8.79. The molecule has 29 heavy (non-hydrogen) atoms. The monoisotopic (exact) mass is 410 g/mol. The molecule has 148 valence electrons. The summed E-state index contributed by atoms with van der Waals surface area (Å²) in [5.41, 5.74) is 1.73. The summed E-state index contributed by atoms with van der Waals surface area (Å²) < 4.78 is 34.8. The van der Waals surface area contributed by atoms with Crippen molar-refractivity contribution in [2.75, 3.05) is 0 Å². The maximum absolute atomic E-state index is 15.1. The van der Waals surface area contributed by atoms with Crippen molar-refractivity contribution in [3.63, 3.8) is 0 Å². The van der Waals surface area contributed by atoms with Crippen molar-refractivity contribution >= 4 is 11.6 Å². The smallest absolute Gasteiger partial charge is 0.165 e. The van der Waals surface area contributed by atoms with Crippen LogP contribution in [0.15, 0.2) is 84.7 Å². The first-order valence-electron chi connectivity index (χ1n) is 9.72. The number of rotatable bonds is 7. The van der Waals surface area contributed by atoms with Crippen molar-refractivity contribution in [2.24, 2.45) is 5.92 Å². The minimum atomic E-state index is -0.445. The summed E-state index contributed by atoms with van der Waals surface area (Å²) in [5, 5.41) is 0.643. The lowest BCUT2D eigenvalue weighted by Gasteiger charge is -2.15.